The van der Waals surface area contributed by atoms with E-state index in [4.69, 9.17) is 5.73 Å². The molecule has 122 valence electrons. The zero-order chi connectivity index (χ0) is 15.7. The monoisotopic (exact) mass is 303 g/mol. The van der Waals surface area contributed by atoms with Gasteiger partial charge in [-0.15, -0.1) is 0 Å². The van der Waals surface area contributed by atoms with Crippen molar-refractivity contribution in [2.45, 2.75) is 58.2 Å². The van der Waals surface area contributed by atoms with Gasteiger partial charge in [0.05, 0.1) is 12.2 Å². The normalized spacial score (nSPS) is 56.8. The average molecular weight is 303 g/mol. The maximum Gasteiger partial charge on any atom is 0.0724 e. The number of rotatable bonds is 0. The minimum atomic E-state index is -0.334. The quantitative estimate of drug-likeness (QED) is 0.603. The first-order valence-electron chi connectivity index (χ1n) is 8.88. The Morgan fingerprint density at radius 2 is 1.95 bits per heavy atom. The molecule has 0 saturated heterocycles. The van der Waals surface area contributed by atoms with Crippen LogP contribution < -0.4 is 5.73 Å². The van der Waals surface area contributed by atoms with E-state index in [2.05, 4.69) is 26.0 Å². The van der Waals surface area contributed by atoms with Gasteiger partial charge in [-0.25, -0.2) is 0 Å². The van der Waals surface area contributed by atoms with Gasteiger partial charge in [-0.3, -0.25) is 0 Å². The predicted molar refractivity (Wildman–Crippen MR) is 86.7 cm³/mol. The second-order valence-corrected chi connectivity index (χ2v) is 8.67. The molecule has 0 aromatic rings. The Labute approximate surface area is 133 Å². The van der Waals surface area contributed by atoms with E-state index >= 15 is 0 Å². The van der Waals surface area contributed by atoms with Crippen molar-refractivity contribution in [1.29, 1.82) is 0 Å². The molecule has 3 nitrogen and oxygen atoms in total. The molecule has 0 unspecified atom stereocenters. The maximum absolute atomic E-state index is 10.9. The van der Waals surface area contributed by atoms with Crippen molar-refractivity contribution in [1.82, 2.24) is 0 Å². The summed E-state index contributed by atoms with van der Waals surface area (Å²) in [6.07, 6.45) is 10.8. The third-order valence-electron chi connectivity index (χ3n) is 7.83. The van der Waals surface area contributed by atoms with Crippen molar-refractivity contribution in [3.8, 4) is 0 Å². The topological polar surface area (TPSA) is 66.5 Å². The van der Waals surface area contributed by atoms with E-state index < -0.39 is 0 Å². The molecule has 8 atom stereocenters. The minimum absolute atomic E-state index is 0.0865. The van der Waals surface area contributed by atoms with Crippen molar-refractivity contribution >= 4 is 0 Å². The number of nitrogens with two attached hydrogens (primary N) is 1. The first kappa shape index (κ1) is 14.8. The second kappa shape index (κ2) is 4.61. The Hall–Kier alpha value is -0.800. The van der Waals surface area contributed by atoms with Crippen molar-refractivity contribution in [3.05, 3.63) is 23.9 Å². The van der Waals surface area contributed by atoms with Crippen LogP contribution in [0.3, 0.4) is 0 Å². The molecule has 0 bridgehead atoms. The van der Waals surface area contributed by atoms with Crippen molar-refractivity contribution in [2.24, 2.45) is 40.2 Å². The van der Waals surface area contributed by atoms with Crippen LogP contribution in [0.1, 0.15) is 46.0 Å². The standard InChI is InChI=1S/C19H29NO2/c1-18-7-5-12(21)9-11(18)10-15(22)17-13-3-4-16(20)19(13,2)8-6-14(17)18/h4-5,7,11-15,17,21-22H,3,6,8-10,20H2,1-2H3/t11-,12-,13-,14-,15-,17-,18-,19-/m0/s1. The van der Waals surface area contributed by atoms with E-state index in [1.165, 1.54) is 0 Å². The SMILES string of the molecule is C[C@]12C=C[C@H](O)C[C@H]1C[C@H](O)[C@@H]1[C@@H]2CC[C@]2(C)C(N)=CC[C@@H]12. The van der Waals surface area contributed by atoms with E-state index in [0.717, 1.165) is 37.8 Å². The fourth-order valence-electron chi connectivity index (χ4n) is 6.37. The molecule has 4 aliphatic rings. The average Bonchev–Trinajstić information content (AvgIpc) is 2.77. The van der Waals surface area contributed by atoms with Gasteiger partial charge in [0.25, 0.3) is 0 Å². The third-order valence-corrected chi connectivity index (χ3v) is 7.83. The van der Waals surface area contributed by atoms with Gasteiger partial charge >= 0.3 is 0 Å². The van der Waals surface area contributed by atoms with E-state index in [1.807, 2.05) is 6.08 Å². The Morgan fingerprint density at radius 1 is 1.18 bits per heavy atom. The van der Waals surface area contributed by atoms with Gasteiger partial charge in [-0.05, 0) is 61.2 Å². The number of hydrogen-bond acceptors (Lipinski definition) is 3. The molecule has 4 aliphatic carbocycles. The highest BCUT2D eigenvalue weighted by Gasteiger charge is 2.60. The fourth-order valence-corrected chi connectivity index (χ4v) is 6.37. The van der Waals surface area contributed by atoms with Crippen LogP contribution in [-0.2, 0) is 0 Å². The largest absolute Gasteiger partial charge is 0.402 e. The summed E-state index contributed by atoms with van der Waals surface area (Å²) < 4.78 is 0. The Balaban J connectivity index is 1.72. The highest BCUT2D eigenvalue weighted by Crippen LogP contribution is 2.64. The summed E-state index contributed by atoms with van der Waals surface area (Å²) in [6.45, 7) is 4.66. The van der Waals surface area contributed by atoms with Crippen LogP contribution in [0, 0.1) is 34.5 Å². The molecule has 2 saturated carbocycles. The highest BCUT2D eigenvalue weighted by atomic mass is 16.3. The number of hydrogen-bond donors (Lipinski definition) is 3. The van der Waals surface area contributed by atoms with E-state index in [9.17, 15) is 10.2 Å². The lowest BCUT2D eigenvalue weighted by molar-refractivity contribution is -0.134. The molecule has 22 heavy (non-hydrogen) atoms. The summed E-state index contributed by atoms with van der Waals surface area (Å²) in [6, 6.07) is 0. The van der Waals surface area contributed by atoms with E-state index in [1.54, 1.807) is 0 Å². The molecule has 2 fully saturated rings. The van der Waals surface area contributed by atoms with Crippen LogP contribution in [0.15, 0.2) is 23.9 Å². The maximum atomic E-state index is 10.9. The molecule has 4 N–H and O–H groups in total. The summed E-state index contributed by atoms with van der Waals surface area (Å²) in [4.78, 5) is 0. The third kappa shape index (κ3) is 1.75. The van der Waals surface area contributed by atoms with Gasteiger partial charge in [0.15, 0.2) is 0 Å². The van der Waals surface area contributed by atoms with Crippen LogP contribution in [-0.4, -0.2) is 22.4 Å². The van der Waals surface area contributed by atoms with E-state index in [0.29, 0.717) is 23.7 Å². The number of aliphatic hydroxyl groups excluding tert-OH is 2. The predicted octanol–water partition coefficient (Wildman–Crippen LogP) is 2.59. The second-order valence-electron chi connectivity index (χ2n) is 8.67. The Kier molecular flexibility index (Phi) is 3.09. The van der Waals surface area contributed by atoms with Gasteiger partial charge in [-0.2, -0.15) is 0 Å². The van der Waals surface area contributed by atoms with Crippen molar-refractivity contribution in [2.75, 3.05) is 0 Å². The summed E-state index contributed by atoms with van der Waals surface area (Å²) >= 11 is 0. The van der Waals surface area contributed by atoms with E-state index in [-0.39, 0.29) is 23.0 Å². The van der Waals surface area contributed by atoms with Gasteiger partial charge in [-0.1, -0.05) is 32.1 Å². The summed E-state index contributed by atoms with van der Waals surface area (Å²) in [5.74, 6) is 1.75. The molecule has 0 heterocycles. The van der Waals surface area contributed by atoms with Gasteiger partial charge in [0.1, 0.15) is 0 Å². The minimum Gasteiger partial charge on any atom is -0.402 e. The lowest BCUT2D eigenvalue weighted by Gasteiger charge is -2.60. The zero-order valence-electron chi connectivity index (χ0n) is 13.7. The molecule has 4 rings (SSSR count). The van der Waals surface area contributed by atoms with Crippen LogP contribution in [0.25, 0.3) is 0 Å². The van der Waals surface area contributed by atoms with Gasteiger partial charge in [0.2, 0.25) is 0 Å². The van der Waals surface area contributed by atoms with Crippen LogP contribution in [0.5, 0.6) is 0 Å². The number of fused-ring (bicyclic) bond motifs is 5. The first-order valence-corrected chi connectivity index (χ1v) is 8.88. The molecule has 0 spiro atoms. The first-order chi connectivity index (χ1) is 10.4. The van der Waals surface area contributed by atoms with Gasteiger partial charge < -0.3 is 15.9 Å². The fraction of sp³-hybridized carbons (Fsp3) is 0.789. The number of allylic oxidation sites excluding steroid dienone is 3. The molecule has 3 heteroatoms. The molecule has 0 radical (unpaired) electrons. The zero-order valence-corrected chi connectivity index (χ0v) is 13.7. The highest BCUT2D eigenvalue weighted by molar-refractivity contribution is 5.25. The van der Waals surface area contributed by atoms with Crippen molar-refractivity contribution in [3.63, 3.8) is 0 Å². The summed E-state index contributed by atoms with van der Waals surface area (Å²) in [5.41, 5.74) is 7.57. The smallest absolute Gasteiger partial charge is 0.0724 e. The Morgan fingerprint density at radius 3 is 2.73 bits per heavy atom. The Bertz CT molecular complexity index is 542. The number of aliphatic hydroxyl groups is 2. The molecule has 0 amide bonds. The molecule has 0 aromatic heterocycles. The molecular weight excluding hydrogens is 274 g/mol. The molecule has 0 aliphatic heterocycles. The lowest BCUT2D eigenvalue weighted by atomic mass is 9.45. The molecule has 0 aromatic carbocycles. The van der Waals surface area contributed by atoms with Gasteiger partial charge in [0, 0.05) is 11.1 Å². The lowest BCUT2D eigenvalue weighted by Crippen LogP contribution is -2.57. The van der Waals surface area contributed by atoms with Crippen LogP contribution in [0.4, 0.5) is 0 Å². The van der Waals surface area contributed by atoms with Crippen LogP contribution in [0.2, 0.25) is 0 Å². The molecular formula is C19H29NO2. The van der Waals surface area contributed by atoms with Crippen LogP contribution >= 0.6 is 0 Å². The summed E-state index contributed by atoms with van der Waals surface area (Å²) in [5, 5.41) is 20.9. The van der Waals surface area contributed by atoms with Crippen molar-refractivity contribution < 1.29 is 10.2 Å². The summed E-state index contributed by atoms with van der Waals surface area (Å²) in [7, 11) is 0.